The van der Waals surface area contributed by atoms with E-state index in [-0.39, 0.29) is 41.6 Å². The van der Waals surface area contributed by atoms with E-state index in [4.69, 9.17) is 4.74 Å². The Bertz CT molecular complexity index is 1350. The molecule has 0 spiro atoms. The van der Waals surface area contributed by atoms with Crippen LogP contribution in [0.2, 0.25) is 0 Å². The maximum Gasteiger partial charge on any atom is 0.303 e. The lowest BCUT2D eigenvalue weighted by Gasteiger charge is -2.53. The number of benzene rings is 2. The number of likely N-dealkylation sites (tertiary alicyclic amines) is 1. The molecule has 2 aromatic carbocycles. The molecule has 1 aromatic heterocycles. The first kappa shape index (κ1) is 24.9. The fourth-order valence-electron chi connectivity index (χ4n) is 5.14. The van der Waals surface area contributed by atoms with Crippen LogP contribution in [0.4, 0.5) is 20.2 Å². The Morgan fingerprint density at radius 1 is 1.25 bits per heavy atom. The van der Waals surface area contributed by atoms with Crippen LogP contribution in [0.3, 0.4) is 0 Å². The molecule has 3 heterocycles. The lowest BCUT2D eigenvalue weighted by molar-refractivity contribution is -0.181. The summed E-state index contributed by atoms with van der Waals surface area (Å²) in [6.45, 7) is 2.54. The molecule has 0 radical (unpaired) electrons. The van der Waals surface area contributed by atoms with Crippen LogP contribution in [0, 0.1) is 15.2 Å². The summed E-state index contributed by atoms with van der Waals surface area (Å²) in [6, 6.07) is 5.97. The molecule has 5 rings (SSSR count). The van der Waals surface area contributed by atoms with Gasteiger partial charge in [0.2, 0.25) is 0 Å². The maximum atomic E-state index is 15.8. The van der Waals surface area contributed by atoms with Crippen LogP contribution < -0.4 is 10.6 Å². The molecule has 2 aliphatic rings. The van der Waals surface area contributed by atoms with Gasteiger partial charge in [0.25, 0.3) is 5.91 Å². The summed E-state index contributed by atoms with van der Waals surface area (Å²) in [6.07, 6.45) is 4.35. The Labute approximate surface area is 220 Å². The normalized spacial score (nSPS) is 19.1. The predicted molar refractivity (Wildman–Crippen MR) is 139 cm³/mol. The molecular formula is C25H26F2IN5O3. The lowest BCUT2D eigenvalue weighted by atomic mass is 9.81. The van der Waals surface area contributed by atoms with Gasteiger partial charge in [-0.15, -0.1) is 0 Å². The number of imidazole rings is 1. The molecule has 0 saturated carbocycles. The van der Waals surface area contributed by atoms with Crippen molar-refractivity contribution in [1.29, 1.82) is 0 Å². The number of aromatic nitrogens is 2. The van der Waals surface area contributed by atoms with E-state index in [0.717, 1.165) is 25.8 Å². The van der Waals surface area contributed by atoms with E-state index < -0.39 is 29.1 Å². The first-order valence-corrected chi connectivity index (χ1v) is 12.8. The van der Waals surface area contributed by atoms with Gasteiger partial charge in [-0.05, 0) is 66.2 Å². The second-order valence-corrected chi connectivity index (χ2v) is 10.7. The summed E-state index contributed by atoms with van der Waals surface area (Å²) in [5.74, 6) is -2.12. The van der Waals surface area contributed by atoms with Gasteiger partial charge in [0, 0.05) is 17.5 Å². The Hall–Kier alpha value is -2.80. The number of ether oxygens (including phenoxy) is 1. The van der Waals surface area contributed by atoms with Crippen molar-refractivity contribution >= 4 is 56.9 Å². The van der Waals surface area contributed by atoms with Crippen molar-refractivity contribution in [1.82, 2.24) is 19.8 Å². The highest BCUT2D eigenvalue weighted by Gasteiger charge is 2.54. The summed E-state index contributed by atoms with van der Waals surface area (Å²) in [7, 11) is 1.65. The van der Waals surface area contributed by atoms with Crippen LogP contribution in [0.5, 0.6) is 0 Å². The molecule has 2 fully saturated rings. The monoisotopic (exact) mass is 609 g/mol. The lowest BCUT2D eigenvalue weighted by Crippen LogP contribution is -2.73. The van der Waals surface area contributed by atoms with Crippen LogP contribution in [0.15, 0.2) is 30.6 Å². The summed E-state index contributed by atoms with van der Waals surface area (Å²) in [4.78, 5) is 31.3. The number of esters is 1. The molecule has 1 atom stereocenters. The van der Waals surface area contributed by atoms with Gasteiger partial charge in [-0.2, -0.15) is 0 Å². The van der Waals surface area contributed by atoms with E-state index in [1.54, 1.807) is 13.1 Å². The number of anilines is 2. The Kier molecular flexibility index (Phi) is 6.62. The minimum Gasteiger partial charge on any atom is -0.454 e. The molecule has 0 bridgehead atoms. The zero-order valence-corrected chi connectivity index (χ0v) is 22.1. The number of nitrogens with one attached hydrogen (secondary N) is 2. The highest BCUT2D eigenvalue weighted by Crippen LogP contribution is 2.37. The number of amides is 1. The molecule has 0 aliphatic carbocycles. The van der Waals surface area contributed by atoms with Crippen molar-refractivity contribution in [3.63, 3.8) is 0 Å². The second kappa shape index (κ2) is 9.58. The van der Waals surface area contributed by atoms with Crippen LogP contribution in [0.1, 0.15) is 36.5 Å². The zero-order chi connectivity index (χ0) is 25.6. The fraction of sp³-hybridized carbons (Fsp3) is 0.400. The fourth-order valence-corrected chi connectivity index (χ4v) is 5.59. The number of nitrogens with zero attached hydrogens (tertiary/aromatic N) is 3. The largest absolute Gasteiger partial charge is 0.454 e. The van der Waals surface area contributed by atoms with Crippen LogP contribution >= 0.6 is 22.6 Å². The number of hydrogen-bond acceptors (Lipinski definition) is 6. The van der Waals surface area contributed by atoms with Crippen molar-refractivity contribution < 1.29 is 23.1 Å². The predicted octanol–water partition coefficient (Wildman–Crippen LogP) is 4.10. The Morgan fingerprint density at radius 3 is 2.69 bits per heavy atom. The van der Waals surface area contributed by atoms with Gasteiger partial charge in [0.1, 0.15) is 11.3 Å². The third kappa shape index (κ3) is 4.42. The SMILES string of the molecule is CC(=O)OC1([C@@H]2CCCCN2)CN(C(=O)c2cc3ncn(C)c3c(F)c2Nc2ccc(I)cc2F)C1. The van der Waals surface area contributed by atoms with E-state index >= 15 is 4.39 Å². The maximum absolute atomic E-state index is 15.8. The quantitative estimate of drug-likeness (QED) is 0.335. The van der Waals surface area contributed by atoms with E-state index in [1.165, 1.54) is 40.9 Å². The molecule has 2 saturated heterocycles. The minimum atomic E-state index is -0.828. The number of aryl methyl sites for hydroxylation is 1. The van der Waals surface area contributed by atoms with Crippen LogP contribution in [-0.4, -0.2) is 57.6 Å². The minimum absolute atomic E-state index is 0.0321. The smallest absolute Gasteiger partial charge is 0.303 e. The average Bonchev–Trinajstić information content (AvgIpc) is 3.19. The number of halogens is 3. The molecule has 0 unspecified atom stereocenters. The summed E-state index contributed by atoms with van der Waals surface area (Å²) < 4.78 is 38.4. The van der Waals surface area contributed by atoms with Crippen molar-refractivity contribution in [2.75, 3.05) is 25.0 Å². The van der Waals surface area contributed by atoms with Gasteiger partial charge >= 0.3 is 5.97 Å². The Balaban J connectivity index is 1.50. The number of rotatable bonds is 5. The van der Waals surface area contributed by atoms with Crippen molar-refractivity contribution in [3.8, 4) is 0 Å². The number of carbonyl (C=O) groups is 2. The van der Waals surface area contributed by atoms with Crippen molar-refractivity contribution in [2.45, 2.75) is 37.8 Å². The molecule has 1 amide bonds. The van der Waals surface area contributed by atoms with Crippen LogP contribution in [-0.2, 0) is 16.6 Å². The average molecular weight is 609 g/mol. The molecule has 3 aromatic rings. The Morgan fingerprint density at radius 2 is 2.03 bits per heavy atom. The number of fused-ring (bicyclic) bond motifs is 1. The first-order chi connectivity index (χ1) is 17.2. The van der Waals surface area contributed by atoms with Gasteiger partial charge in [-0.25, -0.2) is 13.8 Å². The van der Waals surface area contributed by atoms with E-state index in [9.17, 15) is 14.0 Å². The molecule has 36 heavy (non-hydrogen) atoms. The summed E-state index contributed by atoms with van der Waals surface area (Å²) in [5.41, 5.74) is -0.362. The molecule has 2 N–H and O–H groups in total. The van der Waals surface area contributed by atoms with Gasteiger partial charge < -0.3 is 24.8 Å². The van der Waals surface area contributed by atoms with Gasteiger partial charge in [-0.1, -0.05) is 6.42 Å². The third-order valence-electron chi connectivity index (χ3n) is 6.86. The van der Waals surface area contributed by atoms with Crippen LogP contribution in [0.25, 0.3) is 11.0 Å². The molecular weight excluding hydrogens is 583 g/mol. The van der Waals surface area contributed by atoms with Crippen molar-refractivity contribution in [2.24, 2.45) is 7.05 Å². The highest BCUT2D eigenvalue weighted by molar-refractivity contribution is 14.1. The molecule has 2 aliphatic heterocycles. The number of piperidine rings is 1. The van der Waals surface area contributed by atoms with Gasteiger partial charge in [0.15, 0.2) is 11.4 Å². The topological polar surface area (TPSA) is 88.5 Å². The second-order valence-electron chi connectivity index (χ2n) is 9.41. The molecule has 190 valence electrons. The third-order valence-corrected chi connectivity index (χ3v) is 7.53. The van der Waals surface area contributed by atoms with E-state index in [2.05, 4.69) is 15.6 Å². The van der Waals surface area contributed by atoms with E-state index in [1.807, 2.05) is 22.6 Å². The number of hydrogen-bond donors (Lipinski definition) is 2. The zero-order valence-electron chi connectivity index (χ0n) is 19.9. The van der Waals surface area contributed by atoms with E-state index in [0.29, 0.717) is 9.09 Å². The summed E-state index contributed by atoms with van der Waals surface area (Å²) in [5, 5.41) is 6.22. The first-order valence-electron chi connectivity index (χ1n) is 11.8. The molecule has 8 nitrogen and oxygen atoms in total. The standard InChI is InChI=1S/C25H26F2IN5O3/c1-14(34)36-25(20-5-3-4-8-29-20)11-33(12-25)24(35)16-10-19-23(32(2)13-30-19)21(27)22(16)31-18-7-6-15(28)9-17(18)26/h6-7,9-10,13,20,29,31H,3-5,8,11-12H2,1-2H3/t20-/m0/s1. The van der Waals surface area contributed by atoms with Gasteiger partial charge in [0.05, 0.1) is 47.9 Å². The number of carbonyl (C=O) groups excluding carboxylic acids is 2. The molecule has 11 heteroatoms. The summed E-state index contributed by atoms with van der Waals surface area (Å²) >= 11 is 1.99. The highest BCUT2D eigenvalue weighted by atomic mass is 127. The van der Waals surface area contributed by atoms with Gasteiger partial charge in [-0.3, -0.25) is 9.59 Å². The van der Waals surface area contributed by atoms with Crippen molar-refractivity contribution in [3.05, 3.63) is 51.4 Å².